The Labute approximate surface area is 132 Å². The molecule has 118 valence electrons. The summed E-state index contributed by atoms with van der Waals surface area (Å²) in [7, 11) is 0. The van der Waals surface area contributed by atoms with Crippen molar-refractivity contribution in [3.63, 3.8) is 0 Å². The molecule has 0 aromatic heterocycles. The minimum absolute atomic E-state index is 0.0406. The molecule has 0 saturated heterocycles. The van der Waals surface area contributed by atoms with E-state index in [4.69, 9.17) is 10.4 Å². The van der Waals surface area contributed by atoms with Gasteiger partial charge in [0.1, 0.15) is 0 Å². The van der Waals surface area contributed by atoms with E-state index in [1.807, 2.05) is 12.1 Å². The molecule has 0 aliphatic carbocycles. The molecule has 0 aliphatic rings. The highest BCUT2D eigenvalue weighted by Crippen LogP contribution is 2.23. The number of oxime groups is 2. The van der Waals surface area contributed by atoms with E-state index in [-0.39, 0.29) is 12.1 Å². The molecule has 0 unspecified atom stereocenters. The molecule has 0 heterocycles. The number of hydrogen-bond donors (Lipinski definition) is 2. The molecule has 7 nitrogen and oxygen atoms in total. The lowest BCUT2D eigenvalue weighted by molar-refractivity contribution is -0.384. The van der Waals surface area contributed by atoms with Gasteiger partial charge in [0.25, 0.3) is 5.69 Å². The summed E-state index contributed by atoms with van der Waals surface area (Å²) in [6, 6.07) is 13.5. The third-order valence-electron chi connectivity index (χ3n) is 3.34. The predicted molar refractivity (Wildman–Crippen MR) is 86.4 cm³/mol. The first-order valence-electron chi connectivity index (χ1n) is 6.79. The van der Waals surface area contributed by atoms with E-state index >= 15 is 0 Å². The van der Waals surface area contributed by atoms with Gasteiger partial charge < -0.3 is 10.4 Å². The zero-order valence-corrected chi connectivity index (χ0v) is 12.4. The van der Waals surface area contributed by atoms with Crippen LogP contribution in [0.2, 0.25) is 0 Å². The van der Waals surface area contributed by atoms with E-state index in [9.17, 15) is 10.1 Å². The average molecular weight is 313 g/mol. The molecule has 2 rings (SSSR count). The highest BCUT2D eigenvalue weighted by molar-refractivity contribution is 6.11. The molecule has 0 spiro atoms. The monoisotopic (exact) mass is 313 g/mol. The van der Waals surface area contributed by atoms with E-state index in [2.05, 4.69) is 10.3 Å². The summed E-state index contributed by atoms with van der Waals surface area (Å²) < 4.78 is 0. The zero-order chi connectivity index (χ0) is 16.8. The van der Waals surface area contributed by atoms with Crippen LogP contribution < -0.4 is 0 Å². The largest absolute Gasteiger partial charge is 0.411 e. The van der Waals surface area contributed by atoms with Crippen molar-refractivity contribution in [3.05, 3.63) is 64.2 Å². The van der Waals surface area contributed by atoms with Crippen molar-refractivity contribution in [2.24, 2.45) is 10.3 Å². The van der Waals surface area contributed by atoms with Gasteiger partial charge >= 0.3 is 0 Å². The van der Waals surface area contributed by atoms with Gasteiger partial charge in [-0.15, -0.1) is 0 Å². The van der Waals surface area contributed by atoms with Gasteiger partial charge in [0.05, 0.1) is 16.3 Å². The number of nitrogens with zero attached hydrogens (tertiary/aromatic N) is 3. The Morgan fingerprint density at radius 2 is 1.52 bits per heavy atom. The summed E-state index contributed by atoms with van der Waals surface area (Å²) in [6.45, 7) is 1.62. The predicted octanol–water partition coefficient (Wildman–Crippen LogP) is 3.68. The lowest BCUT2D eigenvalue weighted by Gasteiger charge is -2.06. The highest BCUT2D eigenvalue weighted by Gasteiger charge is 2.09. The third kappa shape index (κ3) is 3.91. The molecule has 2 aromatic carbocycles. The van der Waals surface area contributed by atoms with Crippen molar-refractivity contribution in [2.75, 3.05) is 0 Å². The molecule has 0 amide bonds. The lowest BCUT2D eigenvalue weighted by Crippen LogP contribution is -2.07. The maximum Gasteiger partial charge on any atom is 0.269 e. The first-order valence-corrected chi connectivity index (χ1v) is 6.79. The number of nitro benzene ring substituents is 1. The van der Waals surface area contributed by atoms with Gasteiger partial charge in [0.2, 0.25) is 0 Å². The fourth-order valence-electron chi connectivity index (χ4n) is 2.10. The maximum atomic E-state index is 10.7. The third-order valence-corrected chi connectivity index (χ3v) is 3.34. The van der Waals surface area contributed by atoms with Gasteiger partial charge in [-0.2, -0.15) is 0 Å². The lowest BCUT2D eigenvalue weighted by atomic mass is 10.00. The van der Waals surface area contributed by atoms with Crippen LogP contribution in [-0.4, -0.2) is 26.8 Å². The van der Waals surface area contributed by atoms with Crippen LogP contribution in [0.15, 0.2) is 58.8 Å². The molecule has 0 saturated carbocycles. The van der Waals surface area contributed by atoms with E-state index in [0.29, 0.717) is 17.0 Å². The first kappa shape index (κ1) is 16.2. The first-order chi connectivity index (χ1) is 11.0. The van der Waals surface area contributed by atoms with Crippen LogP contribution in [0.4, 0.5) is 5.69 Å². The maximum absolute atomic E-state index is 10.7. The topological polar surface area (TPSA) is 108 Å². The van der Waals surface area contributed by atoms with Crippen molar-refractivity contribution in [3.8, 4) is 11.1 Å². The summed E-state index contributed by atoms with van der Waals surface area (Å²) in [5.41, 5.74) is 3.28. The van der Waals surface area contributed by atoms with Gasteiger partial charge in [0.15, 0.2) is 0 Å². The van der Waals surface area contributed by atoms with Crippen LogP contribution in [0.25, 0.3) is 11.1 Å². The van der Waals surface area contributed by atoms with Gasteiger partial charge in [-0.1, -0.05) is 34.6 Å². The van der Waals surface area contributed by atoms with Gasteiger partial charge in [-0.3, -0.25) is 10.1 Å². The molecule has 2 aromatic rings. The van der Waals surface area contributed by atoms with E-state index < -0.39 is 4.92 Å². The van der Waals surface area contributed by atoms with Gasteiger partial charge in [0, 0.05) is 18.6 Å². The Bertz CT molecular complexity index is 750. The molecule has 0 bridgehead atoms. The normalized spacial score (nSPS) is 12.2. The quantitative estimate of drug-likeness (QED) is 0.380. The molecular formula is C16H15N3O4. The molecular weight excluding hydrogens is 298 g/mol. The summed E-state index contributed by atoms with van der Waals surface area (Å²) in [6.07, 6.45) is 0.226. The fraction of sp³-hybridized carbons (Fsp3) is 0.125. The molecule has 23 heavy (non-hydrogen) atoms. The Hall–Kier alpha value is -3.22. The van der Waals surface area contributed by atoms with Crippen molar-refractivity contribution in [1.29, 1.82) is 0 Å². The molecule has 0 fully saturated rings. The smallest absolute Gasteiger partial charge is 0.269 e. The molecule has 2 N–H and O–H groups in total. The van der Waals surface area contributed by atoms with Crippen LogP contribution in [-0.2, 0) is 0 Å². The number of hydrogen-bond acceptors (Lipinski definition) is 6. The second kappa shape index (κ2) is 7.17. The number of nitro groups is 1. The van der Waals surface area contributed by atoms with Crippen molar-refractivity contribution >= 4 is 17.1 Å². The standard InChI is InChI=1S/C16H15N3O4/c1-11(17-20)10-16(18-21)14-4-2-12(3-5-14)13-6-8-15(9-7-13)19(22)23/h2-9,20-21H,10H2,1H3. The summed E-state index contributed by atoms with van der Waals surface area (Å²) in [5.74, 6) is 0. The minimum atomic E-state index is -0.443. The Balaban J connectivity index is 2.23. The molecule has 0 aliphatic heterocycles. The Morgan fingerprint density at radius 3 is 1.96 bits per heavy atom. The molecule has 0 atom stereocenters. The molecule has 7 heteroatoms. The number of non-ortho nitro benzene ring substituents is 1. The summed E-state index contributed by atoms with van der Waals surface area (Å²) in [4.78, 5) is 10.2. The van der Waals surface area contributed by atoms with Crippen LogP contribution in [0, 0.1) is 10.1 Å². The second-order valence-electron chi connectivity index (χ2n) is 4.94. The van der Waals surface area contributed by atoms with E-state index in [1.165, 1.54) is 12.1 Å². The summed E-state index contributed by atoms with van der Waals surface area (Å²) >= 11 is 0. The van der Waals surface area contributed by atoms with Crippen LogP contribution in [0.3, 0.4) is 0 Å². The van der Waals surface area contributed by atoms with E-state index in [1.54, 1.807) is 31.2 Å². The number of benzene rings is 2. The minimum Gasteiger partial charge on any atom is -0.411 e. The summed E-state index contributed by atoms with van der Waals surface area (Å²) in [5, 5.41) is 34.7. The zero-order valence-electron chi connectivity index (χ0n) is 12.4. The molecule has 0 radical (unpaired) electrons. The Kier molecular flexibility index (Phi) is 5.03. The second-order valence-corrected chi connectivity index (χ2v) is 4.94. The van der Waals surface area contributed by atoms with Crippen molar-refractivity contribution in [2.45, 2.75) is 13.3 Å². The van der Waals surface area contributed by atoms with Crippen molar-refractivity contribution in [1.82, 2.24) is 0 Å². The van der Waals surface area contributed by atoms with Crippen LogP contribution in [0.5, 0.6) is 0 Å². The SMILES string of the molecule is CC(CC(=NO)c1ccc(-c2ccc([N+](=O)[O-])cc2)cc1)=NO. The van der Waals surface area contributed by atoms with Crippen molar-refractivity contribution < 1.29 is 15.3 Å². The fourth-order valence-corrected chi connectivity index (χ4v) is 2.10. The van der Waals surface area contributed by atoms with Gasteiger partial charge in [-0.05, 0) is 35.7 Å². The van der Waals surface area contributed by atoms with Crippen LogP contribution >= 0.6 is 0 Å². The Morgan fingerprint density at radius 1 is 1.00 bits per heavy atom. The van der Waals surface area contributed by atoms with E-state index in [0.717, 1.165) is 11.1 Å². The average Bonchev–Trinajstić information content (AvgIpc) is 2.59. The van der Waals surface area contributed by atoms with Gasteiger partial charge in [-0.25, -0.2) is 0 Å². The van der Waals surface area contributed by atoms with Crippen LogP contribution in [0.1, 0.15) is 18.9 Å². The number of rotatable bonds is 5. The highest BCUT2D eigenvalue weighted by atomic mass is 16.6.